The SMILES string of the molecule is CC[C@H](NC(=O)Cn1ncc2ccc(C)n2c1=O)c1ccccc1. The van der Waals surface area contributed by atoms with Gasteiger partial charge in [0.15, 0.2) is 0 Å². The number of amides is 1. The molecule has 124 valence electrons. The van der Waals surface area contributed by atoms with Gasteiger partial charge >= 0.3 is 5.69 Å². The van der Waals surface area contributed by atoms with Crippen LogP contribution in [-0.4, -0.2) is 20.1 Å². The number of carbonyl (C=O) groups excluding carboxylic acids is 1. The van der Waals surface area contributed by atoms with E-state index in [2.05, 4.69) is 10.4 Å². The zero-order valence-electron chi connectivity index (χ0n) is 13.8. The Balaban J connectivity index is 1.78. The van der Waals surface area contributed by atoms with E-state index in [0.29, 0.717) is 0 Å². The topological polar surface area (TPSA) is 68.4 Å². The van der Waals surface area contributed by atoms with Crippen molar-refractivity contribution in [2.45, 2.75) is 32.9 Å². The minimum atomic E-state index is -0.307. The minimum absolute atomic E-state index is 0.0774. The smallest absolute Gasteiger partial charge is 0.348 e. The Morgan fingerprint density at radius 1 is 1.21 bits per heavy atom. The summed E-state index contributed by atoms with van der Waals surface area (Å²) in [6.45, 7) is 3.76. The summed E-state index contributed by atoms with van der Waals surface area (Å²) in [5, 5.41) is 7.06. The van der Waals surface area contributed by atoms with Gasteiger partial charge in [-0.3, -0.25) is 9.20 Å². The van der Waals surface area contributed by atoms with Gasteiger partial charge in [0.1, 0.15) is 6.54 Å². The van der Waals surface area contributed by atoms with Crippen LogP contribution in [0.15, 0.2) is 53.5 Å². The summed E-state index contributed by atoms with van der Waals surface area (Å²) in [7, 11) is 0. The van der Waals surface area contributed by atoms with Crippen LogP contribution >= 0.6 is 0 Å². The van der Waals surface area contributed by atoms with Gasteiger partial charge < -0.3 is 5.32 Å². The second kappa shape index (κ2) is 6.70. The number of aryl methyl sites for hydroxylation is 1. The number of hydrogen-bond donors (Lipinski definition) is 1. The van der Waals surface area contributed by atoms with E-state index in [1.54, 1.807) is 10.6 Å². The summed E-state index contributed by atoms with van der Waals surface area (Å²) in [6.07, 6.45) is 2.37. The maximum absolute atomic E-state index is 12.5. The Bertz CT molecular complexity index is 912. The molecule has 1 atom stereocenters. The fourth-order valence-electron chi connectivity index (χ4n) is 2.81. The Morgan fingerprint density at radius 3 is 2.67 bits per heavy atom. The van der Waals surface area contributed by atoms with Crippen molar-refractivity contribution in [3.63, 3.8) is 0 Å². The molecule has 2 aromatic heterocycles. The van der Waals surface area contributed by atoms with Crippen LogP contribution in [0.1, 0.15) is 30.6 Å². The molecule has 0 fully saturated rings. The summed E-state index contributed by atoms with van der Waals surface area (Å²) in [5.74, 6) is -0.232. The summed E-state index contributed by atoms with van der Waals surface area (Å²) in [4.78, 5) is 24.8. The normalized spacial score (nSPS) is 12.2. The van der Waals surface area contributed by atoms with Crippen LogP contribution in [-0.2, 0) is 11.3 Å². The van der Waals surface area contributed by atoms with Crippen molar-refractivity contribution in [2.24, 2.45) is 0 Å². The Morgan fingerprint density at radius 2 is 1.96 bits per heavy atom. The standard InChI is InChI=1S/C18H20N4O2/c1-3-16(14-7-5-4-6-8-14)20-17(23)12-21-18(24)22-13(2)9-10-15(22)11-19-21/h4-11,16H,3,12H2,1-2H3,(H,20,23)/t16-/m0/s1. The predicted molar refractivity (Wildman–Crippen MR) is 91.8 cm³/mol. The lowest BCUT2D eigenvalue weighted by molar-refractivity contribution is -0.122. The van der Waals surface area contributed by atoms with Gasteiger partial charge in [-0.15, -0.1) is 0 Å². The van der Waals surface area contributed by atoms with Crippen molar-refractivity contribution in [3.8, 4) is 0 Å². The highest BCUT2D eigenvalue weighted by molar-refractivity contribution is 5.76. The number of benzene rings is 1. The lowest BCUT2D eigenvalue weighted by Gasteiger charge is -2.17. The van der Waals surface area contributed by atoms with Crippen LogP contribution in [0.25, 0.3) is 5.52 Å². The van der Waals surface area contributed by atoms with Crippen LogP contribution in [0.4, 0.5) is 0 Å². The number of nitrogens with one attached hydrogen (secondary N) is 1. The first kappa shape index (κ1) is 16.0. The number of hydrogen-bond acceptors (Lipinski definition) is 3. The van der Waals surface area contributed by atoms with E-state index in [0.717, 1.165) is 23.2 Å². The van der Waals surface area contributed by atoms with Crippen LogP contribution in [0.2, 0.25) is 0 Å². The minimum Gasteiger partial charge on any atom is -0.348 e. The molecule has 0 saturated carbocycles. The van der Waals surface area contributed by atoms with Crippen LogP contribution < -0.4 is 11.0 Å². The molecule has 0 aliphatic heterocycles. The second-order valence-electron chi connectivity index (χ2n) is 5.76. The molecule has 0 radical (unpaired) electrons. The first-order valence-electron chi connectivity index (χ1n) is 7.98. The number of nitrogens with zero attached hydrogens (tertiary/aromatic N) is 3. The molecule has 0 unspecified atom stereocenters. The molecule has 6 nitrogen and oxygen atoms in total. The average Bonchev–Trinajstić information content (AvgIpc) is 2.98. The third-order valence-electron chi connectivity index (χ3n) is 4.09. The van der Waals surface area contributed by atoms with E-state index in [-0.39, 0.29) is 24.2 Å². The maximum Gasteiger partial charge on any atom is 0.349 e. The van der Waals surface area contributed by atoms with Gasteiger partial charge in [-0.1, -0.05) is 37.3 Å². The molecule has 6 heteroatoms. The lowest BCUT2D eigenvalue weighted by Crippen LogP contribution is -2.37. The van der Waals surface area contributed by atoms with Crippen LogP contribution in [0, 0.1) is 6.92 Å². The Hall–Kier alpha value is -2.89. The largest absolute Gasteiger partial charge is 0.349 e. The van der Waals surface area contributed by atoms with E-state index in [1.165, 1.54) is 4.68 Å². The molecule has 1 amide bonds. The monoisotopic (exact) mass is 324 g/mol. The molecule has 1 aromatic carbocycles. The van der Waals surface area contributed by atoms with Gasteiger partial charge in [-0.25, -0.2) is 9.48 Å². The first-order chi connectivity index (χ1) is 11.6. The average molecular weight is 324 g/mol. The van der Waals surface area contributed by atoms with Crippen LogP contribution in [0.3, 0.4) is 0 Å². The Labute approximate surface area is 139 Å². The number of fused-ring (bicyclic) bond motifs is 1. The van der Waals surface area contributed by atoms with E-state index in [9.17, 15) is 9.59 Å². The van der Waals surface area contributed by atoms with Crippen molar-refractivity contribution in [3.05, 3.63) is 70.4 Å². The molecule has 24 heavy (non-hydrogen) atoms. The van der Waals surface area contributed by atoms with Crippen molar-refractivity contribution in [1.29, 1.82) is 0 Å². The molecule has 0 aliphatic carbocycles. The number of carbonyl (C=O) groups is 1. The van der Waals surface area contributed by atoms with Gasteiger partial charge in [-0.2, -0.15) is 5.10 Å². The van der Waals surface area contributed by atoms with Gasteiger partial charge in [0.05, 0.1) is 17.8 Å². The molecule has 0 bridgehead atoms. The molecule has 3 aromatic rings. The Kier molecular flexibility index (Phi) is 4.46. The zero-order valence-corrected chi connectivity index (χ0v) is 13.8. The third kappa shape index (κ3) is 3.08. The number of rotatable bonds is 5. The highest BCUT2D eigenvalue weighted by atomic mass is 16.2. The summed E-state index contributed by atoms with van der Waals surface area (Å²) in [6, 6.07) is 13.4. The molecule has 0 aliphatic rings. The fourth-order valence-corrected chi connectivity index (χ4v) is 2.81. The lowest BCUT2D eigenvalue weighted by atomic mass is 10.0. The third-order valence-corrected chi connectivity index (χ3v) is 4.09. The predicted octanol–water partition coefficient (Wildman–Crippen LogP) is 2.07. The van der Waals surface area contributed by atoms with E-state index in [1.807, 2.05) is 56.3 Å². The zero-order chi connectivity index (χ0) is 17.1. The van der Waals surface area contributed by atoms with Crippen molar-refractivity contribution in [2.75, 3.05) is 0 Å². The van der Waals surface area contributed by atoms with E-state index in [4.69, 9.17) is 0 Å². The molecule has 0 spiro atoms. The molecule has 0 saturated heterocycles. The van der Waals surface area contributed by atoms with E-state index < -0.39 is 0 Å². The van der Waals surface area contributed by atoms with Crippen molar-refractivity contribution < 1.29 is 4.79 Å². The fraction of sp³-hybridized carbons (Fsp3) is 0.278. The summed E-state index contributed by atoms with van der Waals surface area (Å²) < 4.78 is 2.74. The molecule has 3 rings (SSSR count). The second-order valence-corrected chi connectivity index (χ2v) is 5.76. The highest BCUT2D eigenvalue weighted by Crippen LogP contribution is 2.15. The molecular formula is C18H20N4O2. The quantitative estimate of drug-likeness (QED) is 0.781. The van der Waals surface area contributed by atoms with Crippen LogP contribution in [0.5, 0.6) is 0 Å². The first-order valence-corrected chi connectivity index (χ1v) is 7.98. The van der Waals surface area contributed by atoms with Crippen molar-refractivity contribution in [1.82, 2.24) is 19.5 Å². The van der Waals surface area contributed by atoms with Gasteiger partial charge in [-0.05, 0) is 31.0 Å². The van der Waals surface area contributed by atoms with Crippen molar-refractivity contribution >= 4 is 11.4 Å². The molecule has 1 N–H and O–H groups in total. The summed E-state index contributed by atoms with van der Waals surface area (Å²) in [5.41, 5.74) is 2.29. The maximum atomic E-state index is 12.5. The van der Waals surface area contributed by atoms with Gasteiger partial charge in [0.25, 0.3) is 0 Å². The van der Waals surface area contributed by atoms with E-state index >= 15 is 0 Å². The summed E-state index contributed by atoms with van der Waals surface area (Å²) >= 11 is 0. The highest BCUT2D eigenvalue weighted by Gasteiger charge is 2.14. The van der Waals surface area contributed by atoms with Gasteiger partial charge in [0, 0.05) is 5.69 Å². The molecule has 2 heterocycles. The molecular weight excluding hydrogens is 304 g/mol. The number of aromatic nitrogens is 3. The van der Waals surface area contributed by atoms with Gasteiger partial charge in [0.2, 0.25) is 5.91 Å².